The van der Waals surface area contributed by atoms with Gasteiger partial charge < -0.3 is 11.1 Å². The zero-order chi connectivity index (χ0) is 14.8. The molecule has 6 nitrogen and oxygen atoms in total. The number of nitrogen functional groups attached to an aromatic ring is 1. The highest BCUT2D eigenvalue weighted by Crippen LogP contribution is 2.21. The lowest BCUT2D eigenvalue weighted by Gasteiger charge is -2.08. The molecule has 0 saturated carbocycles. The second-order valence-corrected chi connectivity index (χ2v) is 4.85. The molecule has 0 saturated heterocycles. The number of hydrogen-bond donors (Lipinski definition) is 2. The Hall–Kier alpha value is -2.89. The molecule has 0 unspecified atom stereocenters. The van der Waals surface area contributed by atoms with Gasteiger partial charge >= 0.3 is 0 Å². The quantitative estimate of drug-likeness (QED) is 0.768. The molecule has 0 radical (unpaired) electrons. The fourth-order valence-electron chi connectivity index (χ4n) is 2.15. The molecule has 0 spiro atoms. The van der Waals surface area contributed by atoms with Crippen LogP contribution in [0.1, 0.15) is 5.69 Å². The molecule has 0 atom stereocenters. The topological polar surface area (TPSA) is 85.8 Å². The van der Waals surface area contributed by atoms with Crippen molar-refractivity contribution in [3.63, 3.8) is 0 Å². The van der Waals surface area contributed by atoms with E-state index >= 15 is 0 Å². The van der Waals surface area contributed by atoms with Gasteiger partial charge in [0.05, 0.1) is 23.1 Å². The van der Waals surface area contributed by atoms with Crippen LogP contribution < -0.4 is 11.1 Å². The number of rotatable bonds is 3. The first-order chi connectivity index (χ1) is 10.1. The van der Waals surface area contributed by atoms with Gasteiger partial charge in [0.15, 0.2) is 0 Å². The summed E-state index contributed by atoms with van der Waals surface area (Å²) in [7, 11) is 0. The Kier molecular flexibility index (Phi) is 3.27. The van der Waals surface area contributed by atoms with Gasteiger partial charge in [0.2, 0.25) is 5.91 Å². The number of nitrogens with two attached hydrogens (primary N) is 1. The van der Waals surface area contributed by atoms with Gasteiger partial charge in [-0.05, 0) is 19.1 Å². The highest BCUT2D eigenvalue weighted by atomic mass is 16.2. The minimum absolute atomic E-state index is 0.111. The fraction of sp³-hybridized carbons (Fsp3) is 0.133. The van der Waals surface area contributed by atoms with E-state index in [1.54, 1.807) is 6.20 Å². The van der Waals surface area contributed by atoms with E-state index in [-0.39, 0.29) is 12.5 Å². The average Bonchev–Trinajstić information content (AvgIpc) is 2.84. The van der Waals surface area contributed by atoms with Crippen LogP contribution in [0.15, 0.2) is 42.7 Å². The third-order valence-electron chi connectivity index (χ3n) is 3.09. The van der Waals surface area contributed by atoms with Crippen LogP contribution in [0.2, 0.25) is 0 Å². The van der Waals surface area contributed by atoms with Crippen molar-refractivity contribution in [3.05, 3.63) is 48.4 Å². The lowest BCUT2D eigenvalue weighted by atomic mass is 10.1. The third-order valence-corrected chi connectivity index (χ3v) is 3.09. The summed E-state index contributed by atoms with van der Waals surface area (Å²) in [5, 5.41) is 7.84. The molecule has 0 aliphatic heterocycles. The van der Waals surface area contributed by atoms with Gasteiger partial charge in [0.25, 0.3) is 0 Å². The number of pyridine rings is 1. The maximum absolute atomic E-state index is 12.1. The first-order valence-corrected chi connectivity index (χ1v) is 6.56. The molecule has 1 aromatic carbocycles. The number of anilines is 2. The van der Waals surface area contributed by atoms with Crippen LogP contribution in [0.3, 0.4) is 0 Å². The van der Waals surface area contributed by atoms with Crippen LogP contribution in [0.25, 0.3) is 10.9 Å². The summed E-state index contributed by atoms with van der Waals surface area (Å²) in [6.07, 6.45) is 3.13. The SMILES string of the molecule is Cc1ccc2cccc(NC(=O)Cn3cc(N)cn3)c2n1. The molecule has 3 N–H and O–H groups in total. The van der Waals surface area contributed by atoms with Gasteiger partial charge in [-0.3, -0.25) is 14.5 Å². The Morgan fingerprint density at radius 2 is 2.19 bits per heavy atom. The highest BCUT2D eigenvalue weighted by molar-refractivity contribution is 6.00. The third kappa shape index (κ3) is 2.84. The molecule has 2 aromatic heterocycles. The Morgan fingerprint density at radius 3 is 2.95 bits per heavy atom. The number of fused-ring (bicyclic) bond motifs is 1. The van der Waals surface area contributed by atoms with E-state index in [1.807, 2.05) is 37.3 Å². The van der Waals surface area contributed by atoms with E-state index in [2.05, 4.69) is 15.4 Å². The molecule has 106 valence electrons. The molecule has 0 bridgehead atoms. The second kappa shape index (κ2) is 5.24. The first-order valence-electron chi connectivity index (χ1n) is 6.56. The zero-order valence-electron chi connectivity index (χ0n) is 11.6. The monoisotopic (exact) mass is 281 g/mol. The summed E-state index contributed by atoms with van der Waals surface area (Å²) >= 11 is 0. The van der Waals surface area contributed by atoms with Gasteiger partial charge in [-0.1, -0.05) is 18.2 Å². The van der Waals surface area contributed by atoms with Crippen molar-refractivity contribution in [3.8, 4) is 0 Å². The predicted molar refractivity (Wildman–Crippen MR) is 81.7 cm³/mol. The normalized spacial score (nSPS) is 10.7. The maximum Gasteiger partial charge on any atom is 0.246 e. The number of aryl methyl sites for hydroxylation is 1. The minimum Gasteiger partial charge on any atom is -0.396 e. The number of carbonyl (C=O) groups is 1. The van der Waals surface area contributed by atoms with Crippen molar-refractivity contribution in [2.45, 2.75) is 13.5 Å². The molecule has 1 amide bonds. The Balaban J connectivity index is 1.84. The Morgan fingerprint density at radius 1 is 1.33 bits per heavy atom. The molecule has 0 fully saturated rings. The van der Waals surface area contributed by atoms with Gasteiger partial charge in [-0.25, -0.2) is 0 Å². The van der Waals surface area contributed by atoms with E-state index < -0.39 is 0 Å². The number of hydrogen-bond acceptors (Lipinski definition) is 4. The molecule has 21 heavy (non-hydrogen) atoms. The van der Waals surface area contributed by atoms with E-state index in [0.29, 0.717) is 11.4 Å². The van der Waals surface area contributed by atoms with Crippen molar-refractivity contribution < 1.29 is 4.79 Å². The largest absolute Gasteiger partial charge is 0.396 e. The van der Waals surface area contributed by atoms with Gasteiger partial charge in [-0.2, -0.15) is 5.10 Å². The summed E-state index contributed by atoms with van der Waals surface area (Å²) < 4.78 is 1.49. The molecule has 0 aliphatic carbocycles. The lowest BCUT2D eigenvalue weighted by Crippen LogP contribution is -2.19. The van der Waals surface area contributed by atoms with Crippen molar-refractivity contribution >= 4 is 28.2 Å². The standard InChI is InChI=1S/C15H15N5O/c1-10-5-6-11-3-2-4-13(15(11)18-10)19-14(21)9-20-8-12(16)7-17-20/h2-8H,9,16H2,1H3,(H,19,21). The second-order valence-electron chi connectivity index (χ2n) is 4.85. The molecular weight excluding hydrogens is 266 g/mol. The number of benzene rings is 1. The number of amides is 1. The number of nitrogens with one attached hydrogen (secondary N) is 1. The Bertz CT molecular complexity index is 809. The number of carbonyl (C=O) groups excluding carboxylic acids is 1. The van der Waals surface area contributed by atoms with Crippen LogP contribution in [0, 0.1) is 6.92 Å². The average molecular weight is 281 g/mol. The summed E-state index contributed by atoms with van der Waals surface area (Å²) in [5.74, 6) is -0.172. The lowest BCUT2D eigenvalue weighted by molar-refractivity contribution is -0.116. The Labute approximate surface area is 121 Å². The van der Waals surface area contributed by atoms with Gasteiger partial charge in [-0.15, -0.1) is 0 Å². The van der Waals surface area contributed by atoms with E-state index in [1.165, 1.54) is 10.9 Å². The zero-order valence-corrected chi connectivity index (χ0v) is 11.6. The van der Waals surface area contributed by atoms with Crippen LogP contribution in [-0.2, 0) is 11.3 Å². The molecule has 6 heteroatoms. The molecule has 3 aromatic rings. The van der Waals surface area contributed by atoms with Crippen molar-refractivity contribution in [2.75, 3.05) is 11.1 Å². The van der Waals surface area contributed by atoms with Gasteiger partial charge in [0.1, 0.15) is 6.54 Å². The smallest absolute Gasteiger partial charge is 0.246 e. The summed E-state index contributed by atoms with van der Waals surface area (Å²) in [5.41, 5.74) is 8.49. The number of nitrogens with zero attached hydrogens (tertiary/aromatic N) is 3. The van der Waals surface area contributed by atoms with Crippen LogP contribution in [0.4, 0.5) is 11.4 Å². The molecule has 0 aliphatic rings. The predicted octanol–water partition coefficient (Wildman–Crippen LogP) is 1.96. The first kappa shape index (κ1) is 13.1. The molecular formula is C15H15N5O. The minimum atomic E-state index is -0.172. The molecule has 2 heterocycles. The van der Waals surface area contributed by atoms with E-state index in [9.17, 15) is 4.79 Å². The summed E-state index contributed by atoms with van der Waals surface area (Å²) in [4.78, 5) is 16.6. The molecule has 3 rings (SSSR count). The van der Waals surface area contributed by atoms with Crippen LogP contribution >= 0.6 is 0 Å². The summed E-state index contributed by atoms with van der Waals surface area (Å²) in [6, 6.07) is 9.62. The fourth-order valence-corrected chi connectivity index (χ4v) is 2.15. The maximum atomic E-state index is 12.1. The number of aromatic nitrogens is 3. The van der Waals surface area contributed by atoms with E-state index in [4.69, 9.17) is 5.73 Å². The van der Waals surface area contributed by atoms with Crippen molar-refractivity contribution in [1.82, 2.24) is 14.8 Å². The highest BCUT2D eigenvalue weighted by Gasteiger charge is 2.08. The van der Waals surface area contributed by atoms with Crippen molar-refractivity contribution in [1.29, 1.82) is 0 Å². The van der Waals surface area contributed by atoms with Gasteiger partial charge in [0, 0.05) is 17.3 Å². The summed E-state index contributed by atoms with van der Waals surface area (Å²) in [6.45, 7) is 2.03. The van der Waals surface area contributed by atoms with E-state index in [0.717, 1.165) is 16.6 Å². The number of para-hydroxylation sites is 1. The van der Waals surface area contributed by atoms with Crippen LogP contribution in [0.5, 0.6) is 0 Å². The van der Waals surface area contributed by atoms with Crippen LogP contribution in [-0.4, -0.2) is 20.7 Å². The van der Waals surface area contributed by atoms with Crippen molar-refractivity contribution in [2.24, 2.45) is 0 Å².